The SMILES string of the molecule is CC(C)(C)O.CCc1c(C)c2c(c(C)c1-c1ccc(C)cc1)-c1ccc(OCc3ccc(OCc4ccccc4)cc3)cc1CN2S(C)=O.O=CO. The van der Waals surface area contributed by atoms with Crippen LogP contribution >= 0.6 is 0 Å². The third-order valence-electron chi connectivity index (χ3n) is 8.59. The van der Waals surface area contributed by atoms with Gasteiger partial charge >= 0.3 is 0 Å². The number of fused-ring (bicyclic) bond motifs is 3. The van der Waals surface area contributed by atoms with E-state index >= 15 is 0 Å². The molecule has 274 valence electrons. The van der Waals surface area contributed by atoms with Gasteiger partial charge in [-0.2, -0.15) is 0 Å². The van der Waals surface area contributed by atoms with Crippen LogP contribution in [0.2, 0.25) is 0 Å². The molecule has 0 amide bonds. The number of nitrogens with zero attached hydrogens (tertiary/aromatic N) is 1. The smallest absolute Gasteiger partial charge is 0.290 e. The Bertz CT molecular complexity index is 1960. The minimum absolute atomic E-state index is 0.250. The number of rotatable bonds is 9. The molecule has 0 saturated carbocycles. The van der Waals surface area contributed by atoms with E-state index in [9.17, 15) is 4.21 Å². The Morgan fingerprint density at radius 2 is 1.33 bits per heavy atom. The lowest BCUT2D eigenvalue weighted by atomic mass is 9.81. The van der Waals surface area contributed by atoms with Crippen molar-refractivity contribution in [3.05, 3.63) is 136 Å². The zero-order valence-electron chi connectivity index (χ0n) is 31.5. The molecule has 52 heavy (non-hydrogen) atoms. The van der Waals surface area contributed by atoms with Crippen LogP contribution in [0, 0.1) is 20.8 Å². The van der Waals surface area contributed by atoms with Gasteiger partial charge in [0.15, 0.2) is 0 Å². The zero-order chi connectivity index (χ0) is 38.0. The molecule has 0 aromatic heterocycles. The number of aryl methyl sites for hydroxylation is 1. The van der Waals surface area contributed by atoms with Crippen molar-refractivity contribution >= 4 is 23.1 Å². The fourth-order valence-corrected chi connectivity index (χ4v) is 7.12. The monoisotopic (exact) mass is 721 g/mol. The molecular formula is C44H51NO6S. The maximum absolute atomic E-state index is 13.2. The standard InChI is InChI=1S/C39H39NO3S.C4H10O.CH2O2/c1-6-35-27(3)39-38(28(4)37(35)31-16-12-26(2)13-17-31)36-21-20-34(22-32(36)23-40(39)44(5)41)43-25-30-14-18-33(19-15-30)42-24-29-10-8-7-9-11-29;1-4(2,3)5;2-1-3/h7-22H,6,23-25H2,1-5H3;5H,1-3H3;1H,(H,2,3). The molecule has 1 unspecified atom stereocenters. The van der Waals surface area contributed by atoms with Crippen LogP contribution in [-0.4, -0.2) is 32.8 Å². The Balaban J connectivity index is 0.000000688. The van der Waals surface area contributed by atoms with E-state index in [0.29, 0.717) is 19.8 Å². The lowest BCUT2D eigenvalue weighted by Gasteiger charge is -2.35. The van der Waals surface area contributed by atoms with Crippen LogP contribution < -0.4 is 13.8 Å². The highest BCUT2D eigenvalue weighted by atomic mass is 32.2. The molecule has 1 aliphatic heterocycles. The molecule has 0 aliphatic carbocycles. The number of anilines is 1. The van der Waals surface area contributed by atoms with E-state index in [4.69, 9.17) is 24.5 Å². The van der Waals surface area contributed by atoms with Crippen molar-refractivity contribution in [3.63, 3.8) is 0 Å². The molecule has 1 heterocycles. The number of carboxylic acid groups (broad SMARTS) is 1. The predicted octanol–water partition coefficient (Wildman–Crippen LogP) is 9.76. The lowest BCUT2D eigenvalue weighted by molar-refractivity contribution is -0.122. The summed E-state index contributed by atoms with van der Waals surface area (Å²) in [6, 6.07) is 33.4. The number of hydrogen-bond donors (Lipinski definition) is 2. The second kappa shape index (κ2) is 18.0. The molecule has 0 fully saturated rings. The molecule has 1 atom stereocenters. The maximum Gasteiger partial charge on any atom is 0.290 e. The third-order valence-corrected chi connectivity index (χ3v) is 9.52. The second-order valence-corrected chi connectivity index (χ2v) is 15.1. The minimum Gasteiger partial charge on any atom is -0.489 e. The summed E-state index contributed by atoms with van der Waals surface area (Å²) in [6.45, 7) is 15.3. The van der Waals surface area contributed by atoms with E-state index in [-0.39, 0.29) is 6.47 Å². The summed E-state index contributed by atoms with van der Waals surface area (Å²) < 4.78 is 27.4. The number of carbonyl (C=O) groups is 1. The number of ether oxygens (including phenoxy) is 2. The molecule has 5 aromatic rings. The number of benzene rings is 5. The molecule has 0 radical (unpaired) electrons. The molecule has 1 aliphatic rings. The highest BCUT2D eigenvalue weighted by Gasteiger charge is 2.31. The first kappa shape index (κ1) is 39.9. The summed E-state index contributed by atoms with van der Waals surface area (Å²) in [4.78, 5) is 8.36. The van der Waals surface area contributed by atoms with Gasteiger partial charge in [-0.3, -0.25) is 9.10 Å². The third kappa shape index (κ3) is 10.3. The van der Waals surface area contributed by atoms with Crippen molar-refractivity contribution in [2.45, 2.75) is 80.2 Å². The van der Waals surface area contributed by atoms with Crippen molar-refractivity contribution in [1.29, 1.82) is 0 Å². The van der Waals surface area contributed by atoms with Gasteiger partial charge < -0.3 is 19.7 Å². The molecule has 8 heteroatoms. The molecule has 5 aromatic carbocycles. The number of hydrogen-bond acceptors (Lipinski definition) is 5. The van der Waals surface area contributed by atoms with Gasteiger partial charge in [-0.25, -0.2) is 4.21 Å². The minimum atomic E-state index is -1.18. The fourth-order valence-electron chi connectivity index (χ4n) is 6.32. The van der Waals surface area contributed by atoms with Crippen molar-refractivity contribution in [1.82, 2.24) is 0 Å². The van der Waals surface area contributed by atoms with Crippen molar-refractivity contribution in [3.8, 4) is 33.8 Å². The van der Waals surface area contributed by atoms with Gasteiger partial charge in [0.25, 0.3) is 6.47 Å². The first-order valence-electron chi connectivity index (χ1n) is 17.4. The van der Waals surface area contributed by atoms with Crippen LogP contribution in [-0.2, 0) is 42.0 Å². The van der Waals surface area contributed by atoms with E-state index in [2.05, 4.69) is 86.6 Å². The Kier molecular flexibility index (Phi) is 13.8. The predicted molar refractivity (Wildman–Crippen MR) is 213 cm³/mol. The second-order valence-electron chi connectivity index (χ2n) is 13.8. The molecule has 6 rings (SSSR count). The van der Waals surface area contributed by atoms with Crippen LogP contribution in [0.3, 0.4) is 0 Å². The molecule has 0 bridgehead atoms. The van der Waals surface area contributed by atoms with Crippen LogP contribution in [0.25, 0.3) is 22.3 Å². The van der Waals surface area contributed by atoms with Crippen LogP contribution in [0.4, 0.5) is 5.69 Å². The Morgan fingerprint density at radius 1 is 0.788 bits per heavy atom. The Hall–Kier alpha value is -4.92. The lowest BCUT2D eigenvalue weighted by Crippen LogP contribution is -2.29. The van der Waals surface area contributed by atoms with Crippen LogP contribution in [0.15, 0.2) is 97.1 Å². The molecule has 2 N–H and O–H groups in total. The zero-order valence-corrected chi connectivity index (χ0v) is 32.3. The average Bonchev–Trinajstić information content (AvgIpc) is 3.11. The van der Waals surface area contributed by atoms with Crippen molar-refractivity contribution in [2.75, 3.05) is 10.6 Å². The van der Waals surface area contributed by atoms with Gasteiger partial charge in [0.1, 0.15) is 35.7 Å². The highest BCUT2D eigenvalue weighted by Crippen LogP contribution is 2.49. The van der Waals surface area contributed by atoms with E-state index in [0.717, 1.165) is 40.3 Å². The Morgan fingerprint density at radius 3 is 1.88 bits per heavy atom. The summed E-state index contributed by atoms with van der Waals surface area (Å²) in [7, 11) is -1.18. The Labute approximate surface area is 311 Å². The van der Waals surface area contributed by atoms with E-state index in [1.165, 1.54) is 44.5 Å². The summed E-state index contributed by atoms with van der Waals surface area (Å²) in [5, 5.41) is 15.4. The van der Waals surface area contributed by atoms with E-state index in [1.807, 2.05) is 42.5 Å². The molecular weight excluding hydrogens is 671 g/mol. The van der Waals surface area contributed by atoms with E-state index < -0.39 is 16.6 Å². The largest absolute Gasteiger partial charge is 0.489 e. The average molecular weight is 722 g/mol. The van der Waals surface area contributed by atoms with Crippen molar-refractivity contribution < 1.29 is 28.7 Å². The maximum atomic E-state index is 13.2. The van der Waals surface area contributed by atoms with Gasteiger partial charge in [-0.05, 0) is 122 Å². The molecule has 0 spiro atoms. The van der Waals surface area contributed by atoms with Crippen LogP contribution in [0.1, 0.15) is 66.6 Å². The van der Waals surface area contributed by atoms with Gasteiger partial charge in [0.05, 0.1) is 17.8 Å². The summed E-state index contributed by atoms with van der Waals surface area (Å²) in [5.41, 5.74) is 13.8. The summed E-state index contributed by atoms with van der Waals surface area (Å²) in [6.07, 6.45) is 2.68. The summed E-state index contributed by atoms with van der Waals surface area (Å²) >= 11 is 0. The first-order chi connectivity index (χ1) is 24.7. The van der Waals surface area contributed by atoms with Crippen molar-refractivity contribution in [2.24, 2.45) is 0 Å². The van der Waals surface area contributed by atoms with Crippen LogP contribution in [0.5, 0.6) is 11.5 Å². The highest BCUT2D eigenvalue weighted by molar-refractivity contribution is 7.85. The first-order valence-corrected chi connectivity index (χ1v) is 18.9. The van der Waals surface area contributed by atoms with Gasteiger partial charge in [-0.1, -0.05) is 85.3 Å². The quantitative estimate of drug-likeness (QED) is 0.147. The fraction of sp³-hybridized carbons (Fsp3) is 0.295. The van der Waals surface area contributed by atoms with E-state index in [1.54, 1.807) is 27.0 Å². The topological polar surface area (TPSA) is 96.3 Å². The van der Waals surface area contributed by atoms with Gasteiger partial charge in [-0.15, -0.1) is 0 Å². The van der Waals surface area contributed by atoms with Gasteiger partial charge in [0.2, 0.25) is 0 Å². The molecule has 0 saturated heterocycles. The summed E-state index contributed by atoms with van der Waals surface area (Å²) in [5.74, 6) is 1.64. The normalized spacial score (nSPS) is 12.2. The molecule has 7 nitrogen and oxygen atoms in total. The van der Waals surface area contributed by atoms with Gasteiger partial charge in [0, 0.05) is 11.8 Å². The number of aliphatic hydroxyl groups is 1.